The molecule has 4 heteroatoms. The lowest BCUT2D eigenvalue weighted by Crippen LogP contribution is -2.46. The molecule has 1 aliphatic heterocycles. The number of methoxy groups -OCH3 is 1. The predicted octanol–water partition coefficient (Wildman–Crippen LogP) is 0.707. The Labute approximate surface area is 99.1 Å². The van der Waals surface area contributed by atoms with Gasteiger partial charge in [-0.1, -0.05) is 0 Å². The lowest BCUT2D eigenvalue weighted by molar-refractivity contribution is 0.115. The highest BCUT2D eigenvalue weighted by molar-refractivity contribution is 4.80. The number of nitrogens with two attached hydrogens (primary N) is 1. The maximum Gasteiger partial charge on any atom is 0.0589 e. The van der Waals surface area contributed by atoms with Crippen LogP contribution >= 0.6 is 0 Å². The van der Waals surface area contributed by atoms with Crippen LogP contribution in [-0.2, 0) is 9.47 Å². The summed E-state index contributed by atoms with van der Waals surface area (Å²) >= 11 is 0. The van der Waals surface area contributed by atoms with Crippen LogP contribution < -0.4 is 5.73 Å². The lowest BCUT2D eigenvalue weighted by Gasteiger charge is -2.30. The van der Waals surface area contributed by atoms with Gasteiger partial charge in [-0.25, -0.2) is 0 Å². The first kappa shape index (κ1) is 13.9. The molecule has 2 N–H and O–H groups in total. The van der Waals surface area contributed by atoms with Gasteiger partial charge in [-0.3, -0.25) is 4.90 Å². The summed E-state index contributed by atoms with van der Waals surface area (Å²) in [6, 6.07) is 0.741. The molecular formula is C12H26N2O2. The molecule has 2 unspecified atom stereocenters. The Kier molecular flexibility index (Phi) is 6.28. The third kappa shape index (κ3) is 4.37. The molecule has 0 saturated carbocycles. The lowest BCUT2D eigenvalue weighted by atomic mass is 9.99. The molecule has 0 aromatic rings. The van der Waals surface area contributed by atoms with Crippen LogP contribution in [0.3, 0.4) is 0 Å². The summed E-state index contributed by atoms with van der Waals surface area (Å²) in [6.07, 6.45) is 1.11. The summed E-state index contributed by atoms with van der Waals surface area (Å²) in [5.41, 5.74) is 6.23. The number of hydrogen-bond donors (Lipinski definition) is 1. The first-order valence-electron chi connectivity index (χ1n) is 6.21. The largest absolute Gasteiger partial charge is 0.383 e. The second kappa shape index (κ2) is 7.22. The zero-order chi connectivity index (χ0) is 12.0. The van der Waals surface area contributed by atoms with Gasteiger partial charge in [-0.2, -0.15) is 0 Å². The molecule has 0 aliphatic carbocycles. The SMILES string of the molecule is COCCN(CC(N)C1CCOC1)C(C)C. The van der Waals surface area contributed by atoms with Crippen LogP contribution in [0.4, 0.5) is 0 Å². The molecule has 16 heavy (non-hydrogen) atoms. The van der Waals surface area contributed by atoms with Crippen LogP contribution in [0, 0.1) is 5.92 Å². The summed E-state index contributed by atoms with van der Waals surface area (Å²) in [6.45, 7) is 8.77. The fourth-order valence-corrected chi connectivity index (χ4v) is 2.08. The van der Waals surface area contributed by atoms with Crippen LogP contribution in [0.1, 0.15) is 20.3 Å². The van der Waals surface area contributed by atoms with Gasteiger partial charge in [0.15, 0.2) is 0 Å². The molecule has 96 valence electrons. The van der Waals surface area contributed by atoms with Crippen molar-refractivity contribution in [1.82, 2.24) is 4.90 Å². The second-order valence-electron chi connectivity index (χ2n) is 4.87. The van der Waals surface area contributed by atoms with Gasteiger partial charge in [0, 0.05) is 44.8 Å². The third-order valence-corrected chi connectivity index (χ3v) is 3.33. The van der Waals surface area contributed by atoms with E-state index < -0.39 is 0 Å². The van der Waals surface area contributed by atoms with E-state index in [1.807, 2.05) is 0 Å². The van der Waals surface area contributed by atoms with Gasteiger partial charge >= 0.3 is 0 Å². The van der Waals surface area contributed by atoms with E-state index in [0.29, 0.717) is 12.0 Å². The third-order valence-electron chi connectivity index (χ3n) is 3.33. The van der Waals surface area contributed by atoms with Crippen LogP contribution in [-0.4, -0.2) is 57.0 Å². The van der Waals surface area contributed by atoms with Gasteiger partial charge in [-0.05, 0) is 20.3 Å². The molecule has 2 atom stereocenters. The standard InChI is InChI=1S/C12H26N2O2/c1-10(2)14(5-7-15-3)8-12(13)11-4-6-16-9-11/h10-12H,4-9,13H2,1-3H3. The molecule has 0 aromatic carbocycles. The van der Waals surface area contributed by atoms with Crippen molar-refractivity contribution < 1.29 is 9.47 Å². The van der Waals surface area contributed by atoms with Gasteiger partial charge in [0.2, 0.25) is 0 Å². The van der Waals surface area contributed by atoms with Crippen molar-refractivity contribution in [2.24, 2.45) is 11.7 Å². The molecule has 1 heterocycles. The highest BCUT2D eigenvalue weighted by Crippen LogP contribution is 2.16. The Morgan fingerprint density at radius 3 is 2.75 bits per heavy atom. The Balaban J connectivity index is 2.34. The topological polar surface area (TPSA) is 47.7 Å². The van der Waals surface area contributed by atoms with E-state index in [2.05, 4.69) is 18.7 Å². The monoisotopic (exact) mass is 230 g/mol. The van der Waals surface area contributed by atoms with Crippen LogP contribution in [0.2, 0.25) is 0 Å². The minimum Gasteiger partial charge on any atom is -0.383 e. The summed E-state index contributed by atoms with van der Waals surface area (Å²) < 4.78 is 10.5. The summed E-state index contributed by atoms with van der Waals surface area (Å²) in [4.78, 5) is 2.38. The van der Waals surface area contributed by atoms with E-state index in [-0.39, 0.29) is 6.04 Å². The van der Waals surface area contributed by atoms with Crippen LogP contribution in [0.25, 0.3) is 0 Å². The smallest absolute Gasteiger partial charge is 0.0589 e. The Morgan fingerprint density at radius 1 is 1.50 bits per heavy atom. The molecule has 0 bridgehead atoms. The maximum atomic E-state index is 6.23. The second-order valence-corrected chi connectivity index (χ2v) is 4.87. The molecular weight excluding hydrogens is 204 g/mol. The minimum atomic E-state index is 0.224. The first-order valence-corrected chi connectivity index (χ1v) is 6.21. The van der Waals surface area contributed by atoms with Crippen LogP contribution in [0.15, 0.2) is 0 Å². The molecule has 1 saturated heterocycles. The van der Waals surface area contributed by atoms with Gasteiger partial charge in [0.05, 0.1) is 13.2 Å². The highest BCUT2D eigenvalue weighted by atomic mass is 16.5. The van der Waals surface area contributed by atoms with E-state index >= 15 is 0 Å². The van der Waals surface area contributed by atoms with E-state index in [0.717, 1.165) is 39.3 Å². The van der Waals surface area contributed by atoms with Gasteiger partial charge < -0.3 is 15.2 Å². The molecule has 0 aromatic heterocycles. The number of ether oxygens (including phenoxy) is 2. The molecule has 4 nitrogen and oxygen atoms in total. The summed E-state index contributed by atoms with van der Waals surface area (Å²) in [7, 11) is 1.74. The Morgan fingerprint density at radius 2 is 2.25 bits per heavy atom. The van der Waals surface area contributed by atoms with Crippen molar-refractivity contribution >= 4 is 0 Å². The summed E-state index contributed by atoms with van der Waals surface area (Å²) in [5, 5.41) is 0. The van der Waals surface area contributed by atoms with E-state index in [4.69, 9.17) is 15.2 Å². The average molecular weight is 230 g/mol. The number of rotatable bonds is 7. The fourth-order valence-electron chi connectivity index (χ4n) is 2.08. The average Bonchev–Trinajstić information content (AvgIpc) is 2.76. The van der Waals surface area contributed by atoms with Crippen molar-refractivity contribution in [3.05, 3.63) is 0 Å². The molecule has 0 spiro atoms. The van der Waals surface area contributed by atoms with Crippen molar-refractivity contribution in [2.45, 2.75) is 32.4 Å². The minimum absolute atomic E-state index is 0.224. The number of hydrogen-bond acceptors (Lipinski definition) is 4. The van der Waals surface area contributed by atoms with Crippen LogP contribution in [0.5, 0.6) is 0 Å². The van der Waals surface area contributed by atoms with Crippen molar-refractivity contribution in [3.63, 3.8) is 0 Å². The Hall–Kier alpha value is -0.160. The quantitative estimate of drug-likeness (QED) is 0.699. The van der Waals surface area contributed by atoms with Crippen molar-refractivity contribution in [1.29, 1.82) is 0 Å². The van der Waals surface area contributed by atoms with E-state index in [1.165, 1.54) is 0 Å². The zero-order valence-electron chi connectivity index (χ0n) is 10.8. The van der Waals surface area contributed by atoms with Gasteiger partial charge in [-0.15, -0.1) is 0 Å². The summed E-state index contributed by atoms with van der Waals surface area (Å²) in [5.74, 6) is 0.531. The molecule has 0 amide bonds. The molecule has 0 radical (unpaired) electrons. The maximum absolute atomic E-state index is 6.23. The highest BCUT2D eigenvalue weighted by Gasteiger charge is 2.25. The van der Waals surface area contributed by atoms with Gasteiger partial charge in [0.25, 0.3) is 0 Å². The van der Waals surface area contributed by atoms with Gasteiger partial charge in [0.1, 0.15) is 0 Å². The fraction of sp³-hybridized carbons (Fsp3) is 1.00. The molecule has 1 rings (SSSR count). The molecule has 1 fully saturated rings. The zero-order valence-corrected chi connectivity index (χ0v) is 10.8. The van der Waals surface area contributed by atoms with Crippen molar-refractivity contribution in [2.75, 3.05) is 40.0 Å². The predicted molar refractivity (Wildman–Crippen MR) is 65.5 cm³/mol. The number of nitrogens with zero attached hydrogens (tertiary/aromatic N) is 1. The first-order chi connectivity index (χ1) is 7.65. The normalized spacial score (nSPS) is 23.2. The van der Waals surface area contributed by atoms with E-state index in [1.54, 1.807) is 7.11 Å². The Bertz CT molecular complexity index is 182. The van der Waals surface area contributed by atoms with E-state index in [9.17, 15) is 0 Å². The molecule has 1 aliphatic rings. The van der Waals surface area contributed by atoms with Crippen molar-refractivity contribution in [3.8, 4) is 0 Å².